The Balaban J connectivity index is 1.98. The summed E-state index contributed by atoms with van der Waals surface area (Å²) in [4.78, 5) is 5.36. The Morgan fingerprint density at radius 3 is 2.71 bits per heavy atom. The fourth-order valence-corrected chi connectivity index (χ4v) is 3.62. The Labute approximate surface area is 109 Å². The van der Waals surface area contributed by atoms with Crippen LogP contribution < -0.4 is 5.73 Å². The number of thiophene rings is 1. The van der Waals surface area contributed by atoms with Crippen molar-refractivity contribution in [1.82, 2.24) is 4.90 Å². The molecule has 1 saturated carbocycles. The molecule has 1 aromatic rings. The van der Waals surface area contributed by atoms with Gasteiger partial charge in [0, 0.05) is 22.8 Å². The van der Waals surface area contributed by atoms with Crippen molar-refractivity contribution in [3.63, 3.8) is 0 Å². The van der Waals surface area contributed by atoms with Gasteiger partial charge in [-0.15, -0.1) is 11.3 Å². The molecule has 1 atom stereocenters. The topological polar surface area (TPSA) is 29.3 Å². The number of hydrogen-bond acceptors (Lipinski definition) is 3. The minimum Gasteiger partial charge on any atom is -0.329 e. The Morgan fingerprint density at radius 1 is 1.47 bits per heavy atom. The average Bonchev–Trinajstić information content (AvgIpc) is 2.73. The van der Waals surface area contributed by atoms with Crippen LogP contribution in [0.15, 0.2) is 12.1 Å². The first-order chi connectivity index (χ1) is 8.24. The van der Waals surface area contributed by atoms with Crippen molar-refractivity contribution in [2.24, 2.45) is 11.7 Å². The third-order valence-corrected chi connectivity index (χ3v) is 5.22. The smallest absolute Gasteiger partial charge is 0.0562 e. The average molecular weight is 252 g/mol. The first-order valence-corrected chi connectivity index (χ1v) is 7.55. The number of likely N-dealkylation sites (N-methyl/N-ethyl adjacent to an activating group) is 1. The van der Waals surface area contributed by atoms with Gasteiger partial charge in [0.25, 0.3) is 0 Å². The summed E-state index contributed by atoms with van der Waals surface area (Å²) in [5.74, 6) is 0.916. The monoisotopic (exact) mass is 252 g/mol. The molecule has 2 nitrogen and oxygen atoms in total. The fourth-order valence-electron chi connectivity index (χ4n) is 2.49. The van der Waals surface area contributed by atoms with Crippen LogP contribution in [0.25, 0.3) is 0 Å². The lowest BCUT2D eigenvalue weighted by Crippen LogP contribution is -2.35. The van der Waals surface area contributed by atoms with Gasteiger partial charge in [0.1, 0.15) is 0 Å². The summed E-state index contributed by atoms with van der Waals surface area (Å²) in [5, 5.41) is 0. The highest BCUT2D eigenvalue weighted by Gasteiger charge is 2.24. The van der Waals surface area contributed by atoms with Gasteiger partial charge in [-0.1, -0.05) is 13.3 Å². The van der Waals surface area contributed by atoms with Crippen LogP contribution >= 0.6 is 11.3 Å². The largest absolute Gasteiger partial charge is 0.329 e. The maximum absolute atomic E-state index is 5.96. The molecule has 1 aromatic heterocycles. The third kappa shape index (κ3) is 3.09. The minimum atomic E-state index is 0.417. The van der Waals surface area contributed by atoms with Gasteiger partial charge >= 0.3 is 0 Å². The van der Waals surface area contributed by atoms with Gasteiger partial charge in [0.2, 0.25) is 0 Å². The standard InChI is InChI=1S/C14H24N2S/c1-3-12-7-8-14(17-12)13(9-15)16(2)10-11-5-4-6-11/h7-8,11,13H,3-6,9-10,15H2,1-2H3. The quantitative estimate of drug-likeness (QED) is 0.843. The Bertz CT molecular complexity index is 344. The van der Waals surface area contributed by atoms with Crippen molar-refractivity contribution in [1.29, 1.82) is 0 Å². The molecule has 1 heterocycles. The predicted molar refractivity (Wildman–Crippen MR) is 75.5 cm³/mol. The van der Waals surface area contributed by atoms with Gasteiger partial charge < -0.3 is 5.73 Å². The molecule has 1 aliphatic rings. The highest BCUT2D eigenvalue weighted by Crippen LogP contribution is 2.31. The molecule has 2 rings (SSSR count). The second kappa shape index (κ2) is 5.98. The molecule has 0 aromatic carbocycles. The fraction of sp³-hybridized carbons (Fsp3) is 0.714. The number of rotatable bonds is 6. The predicted octanol–water partition coefficient (Wildman–Crippen LogP) is 3.04. The summed E-state index contributed by atoms with van der Waals surface area (Å²) in [6, 6.07) is 4.93. The first-order valence-electron chi connectivity index (χ1n) is 6.73. The molecule has 1 unspecified atom stereocenters. The number of hydrogen-bond donors (Lipinski definition) is 1. The normalized spacial score (nSPS) is 18.4. The lowest BCUT2D eigenvalue weighted by molar-refractivity contribution is 0.166. The molecule has 0 spiro atoms. The zero-order valence-corrected chi connectivity index (χ0v) is 11.8. The van der Waals surface area contributed by atoms with Crippen LogP contribution in [0.1, 0.15) is 42.0 Å². The molecule has 1 aliphatic carbocycles. The van der Waals surface area contributed by atoms with Crippen molar-refractivity contribution in [2.45, 2.75) is 38.6 Å². The Kier molecular flexibility index (Phi) is 4.60. The van der Waals surface area contributed by atoms with Gasteiger partial charge in [-0.25, -0.2) is 0 Å². The SMILES string of the molecule is CCc1ccc(C(CN)N(C)CC2CCC2)s1. The third-order valence-electron chi connectivity index (χ3n) is 3.89. The maximum atomic E-state index is 5.96. The van der Waals surface area contributed by atoms with E-state index >= 15 is 0 Å². The van der Waals surface area contributed by atoms with E-state index in [-0.39, 0.29) is 0 Å². The van der Waals surface area contributed by atoms with Gasteiger partial charge in [-0.3, -0.25) is 4.90 Å². The van der Waals surface area contributed by atoms with Crippen molar-refractivity contribution in [3.8, 4) is 0 Å². The minimum absolute atomic E-state index is 0.417. The summed E-state index contributed by atoms with van der Waals surface area (Å²) in [6.45, 7) is 4.15. The molecule has 0 amide bonds. The molecule has 0 aliphatic heterocycles. The van der Waals surface area contributed by atoms with Crippen LogP contribution in [0, 0.1) is 5.92 Å². The van der Waals surface area contributed by atoms with Crippen molar-refractivity contribution >= 4 is 11.3 Å². The van der Waals surface area contributed by atoms with Crippen LogP contribution in [0.5, 0.6) is 0 Å². The lowest BCUT2D eigenvalue weighted by atomic mass is 9.85. The molecular formula is C14H24N2S. The van der Waals surface area contributed by atoms with E-state index in [1.54, 1.807) is 0 Å². The molecule has 1 fully saturated rings. The van der Waals surface area contributed by atoms with E-state index in [1.165, 1.54) is 35.6 Å². The molecular weight excluding hydrogens is 228 g/mol. The molecule has 96 valence electrons. The zero-order valence-electron chi connectivity index (χ0n) is 11.0. The summed E-state index contributed by atoms with van der Waals surface area (Å²) in [6.07, 6.45) is 5.37. The van der Waals surface area contributed by atoms with E-state index in [2.05, 4.69) is 31.0 Å². The van der Waals surface area contributed by atoms with E-state index in [1.807, 2.05) is 11.3 Å². The van der Waals surface area contributed by atoms with Gasteiger partial charge in [0.15, 0.2) is 0 Å². The van der Waals surface area contributed by atoms with Crippen LogP contribution in [-0.4, -0.2) is 25.0 Å². The lowest BCUT2D eigenvalue weighted by Gasteiger charge is -2.34. The highest BCUT2D eigenvalue weighted by atomic mass is 32.1. The highest BCUT2D eigenvalue weighted by molar-refractivity contribution is 7.12. The van der Waals surface area contributed by atoms with E-state index in [0.29, 0.717) is 6.04 Å². The van der Waals surface area contributed by atoms with E-state index in [4.69, 9.17) is 5.73 Å². The van der Waals surface area contributed by atoms with Crippen LogP contribution in [0.2, 0.25) is 0 Å². The van der Waals surface area contributed by atoms with Gasteiger partial charge in [0.05, 0.1) is 6.04 Å². The summed E-state index contributed by atoms with van der Waals surface area (Å²) in [5.41, 5.74) is 5.96. The van der Waals surface area contributed by atoms with E-state index < -0.39 is 0 Å². The first kappa shape index (κ1) is 13.1. The molecule has 0 radical (unpaired) electrons. The molecule has 2 N–H and O–H groups in total. The van der Waals surface area contributed by atoms with E-state index in [0.717, 1.165) is 18.9 Å². The van der Waals surface area contributed by atoms with Crippen molar-refractivity contribution in [3.05, 3.63) is 21.9 Å². The van der Waals surface area contributed by atoms with E-state index in [9.17, 15) is 0 Å². The molecule has 3 heteroatoms. The Hall–Kier alpha value is -0.380. The zero-order chi connectivity index (χ0) is 12.3. The summed E-state index contributed by atoms with van der Waals surface area (Å²) < 4.78 is 0. The second-order valence-corrected chi connectivity index (χ2v) is 6.35. The second-order valence-electron chi connectivity index (χ2n) is 5.15. The maximum Gasteiger partial charge on any atom is 0.0562 e. The van der Waals surface area contributed by atoms with Crippen LogP contribution in [0.3, 0.4) is 0 Å². The Morgan fingerprint density at radius 2 is 2.24 bits per heavy atom. The molecule has 0 saturated heterocycles. The van der Waals surface area contributed by atoms with Crippen LogP contribution in [0.4, 0.5) is 0 Å². The van der Waals surface area contributed by atoms with Gasteiger partial charge in [-0.2, -0.15) is 0 Å². The molecule has 0 bridgehead atoms. The number of nitrogens with zero attached hydrogens (tertiary/aromatic N) is 1. The summed E-state index contributed by atoms with van der Waals surface area (Å²) >= 11 is 1.92. The molecule has 17 heavy (non-hydrogen) atoms. The van der Waals surface area contributed by atoms with Gasteiger partial charge in [-0.05, 0) is 44.4 Å². The summed E-state index contributed by atoms with van der Waals surface area (Å²) in [7, 11) is 2.22. The van der Waals surface area contributed by atoms with Crippen LogP contribution in [-0.2, 0) is 6.42 Å². The number of nitrogens with two attached hydrogens (primary N) is 1. The number of aryl methyl sites for hydroxylation is 1. The van der Waals surface area contributed by atoms with Crippen molar-refractivity contribution in [2.75, 3.05) is 20.1 Å². The van der Waals surface area contributed by atoms with Crippen molar-refractivity contribution < 1.29 is 0 Å².